The van der Waals surface area contributed by atoms with Crippen molar-refractivity contribution in [1.82, 2.24) is 10.2 Å². The first-order valence-electron chi connectivity index (χ1n) is 6.77. The first-order valence-corrected chi connectivity index (χ1v) is 6.77. The van der Waals surface area contributed by atoms with E-state index in [0.717, 1.165) is 5.56 Å². The van der Waals surface area contributed by atoms with Crippen LogP contribution in [0.1, 0.15) is 12.0 Å². The highest BCUT2D eigenvalue weighted by Crippen LogP contribution is 2.10. The highest BCUT2D eigenvalue weighted by atomic mass is 16.5. The summed E-state index contributed by atoms with van der Waals surface area (Å²) >= 11 is 0. The Morgan fingerprint density at radius 1 is 1.38 bits per heavy atom. The second-order valence-electron chi connectivity index (χ2n) is 4.99. The quantitative estimate of drug-likeness (QED) is 0.771. The SMILES string of the molecule is N[C@H]1CCN(C(=O)O)C[C@@H]1NC(=O)OCc1ccccc1. The van der Waals surface area contributed by atoms with Crippen molar-refractivity contribution in [3.8, 4) is 0 Å². The minimum atomic E-state index is -1.01. The van der Waals surface area contributed by atoms with Crippen LogP contribution < -0.4 is 11.1 Å². The van der Waals surface area contributed by atoms with Crippen molar-refractivity contribution in [3.05, 3.63) is 35.9 Å². The van der Waals surface area contributed by atoms with E-state index < -0.39 is 18.2 Å². The third-order valence-corrected chi connectivity index (χ3v) is 3.45. The summed E-state index contributed by atoms with van der Waals surface area (Å²) in [6.45, 7) is 0.724. The number of likely N-dealkylation sites (tertiary alicyclic amines) is 1. The molecule has 4 N–H and O–H groups in total. The molecule has 0 aromatic heterocycles. The number of alkyl carbamates (subject to hydrolysis) is 1. The molecule has 1 aliphatic heterocycles. The van der Waals surface area contributed by atoms with Gasteiger partial charge in [0.1, 0.15) is 6.61 Å². The summed E-state index contributed by atoms with van der Waals surface area (Å²) in [4.78, 5) is 23.9. The standard InChI is InChI=1S/C14H19N3O4/c15-11-6-7-17(14(19)20)8-12(11)16-13(18)21-9-10-4-2-1-3-5-10/h1-5,11-12H,6-9,15H2,(H,16,18)(H,19,20)/t11-,12-/m0/s1. The molecule has 2 amide bonds. The van der Waals surface area contributed by atoms with Crippen LogP contribution in [0.15, 0.2) is 30.3 Å². The molecule has 7 nitrogen and oxygen atoms in total. The van der Waals surface area contributed by atoms with E-state index in [1.165, 1.54) is 4.90 Å². The lowest BCUT2D eigenvalue weighted by atomic mass is 10.0. The molecule has 0 saturated carbocycles. The number of nitrogens with one attached hydrogen (secondary N) is 1. The summed E-state index contributed by atoms with van der Waals surface area (Å²) in [5.41, 5.74) is 6.79. The fourth-order valence-corrected chi connectivity index (χ4v) is 2.21. The van der Waals surface area contributed by atoms with E-state index in [4.69, 9.17) is 15.6 Å². The Hall–Kier alpha value is -2.28. The maximum absolute atomic E-state index is 11.8. The lowest BCUT2D eigenvalue weighted by Crippen LogP contribution is -2.59. The number of carboxylic acid groups (broad SMARTS) is 1. The van der Waals surface area contributed by atoms with Crippen LogP contribution >= 0.6 is 0 Å². The average molecular weight is 293 g/mol. The Morgan fingerprint density at radius 3 is 2.76 bits per heavy atom. The molecule has 0 bridgehead atoms. The molecule has 114 valence electrons. The van der Waals surface area contributed by atoms with Gasteiger partial charge in [0.05, 0.1) is 6.04 Å². The molecule has 21 heavy (non-hydrogen) atoms. The number of hydrogen-bond acceptors (Lipinski definition) is 4. The van der Waals surface area contributed by atoms with Gasteiger partial charge < -0.3 is 25.8 Å². The molecule has 0 radical (unpaired) electrons. The van der Waals surface area contributed by atoms with Crippen LogP contribution in [-0.4, -0.2) is 47.4 Å². The van der Waals surface area contributed by atoms with Gasteiger partial charge in [-0.25, -0.2) is 9.59 Å². The summed E-state index contributed by atoms with van der Waals surface area (Å²) in [7, 11) is 0. The van der Waals surface area contributed by atoms with E-state index in [-0.39, 0.29) is 19.2 Å². The van der Waals surface area contributed by atoms with E-state index in [1.807, 2.05) is 30.3 Å². The first-order chi connectivity index (χ1) is 10.1. The third-order valence-electron chi connectivity index (χ3n) is 3.45. The van der Waals surface area contributed by atoms with Crippen molar-refractivity contribution in [2.24, 2.45) is 5.73 Å². The van der Waals surface area contributed by atoms with Crippen LogP contribution in [0.4, 0.5) is 9.59 Å². The van der Waals surface area contributed by atoms with Gasteiger partial charge in [0.2, 0.25) is 0 Å². The smallest absolute Gasteiger partial charge is 0.407 e. The largest absolute Gasteiger partial charge is 0.465 e. The molecule has 2 rings (SSSR count). The minimum absolute atomic E-state index is 0.164. The first kappa shape index (κ1) is 15.1. The number of nitrogens with zero attached hydrogens (tertiary/aromatic N) is 1. The maximum atomic E-state index is 11.8. The number of amides is 2. The Balaban J connectivity index is 1.82. The van der Waals surface area contributed by atoms with Gasteiger partial charge in [0.15, 0.2) is 0 Å². The number of nitrogens with two attached hydrogens (primary N) is 1. The normalized spacial score (nSPS) is 21.7. The molecular formula is C14H19N3O4. The van der Waals surface area contributed by atoms with Gasteiger partial charge in [-0.2, -0.15) is 0 Å². The fourth-order valence-electron chi connectivity index (χ4n) is 2.21. The van der Waals surface area contributed by atoms with E-state index in [9.17, 15) is 9.59 Å². The molecule has 7 heteroatoms. The van der Waals surface area contributed by atoms with E-state index in [2.05, 4.69) is 5.32 Å². The van der Waals surface area contributed by atoms with Crippen LogP contribution in [-0.2, 0) is 11.3 Å². The van der Waals surface area contributed by atoms with Gasteiger partial charge in [-0.05, 0) is 12.0 Å². The number of rotatable bonds is 3. The lowest BCUT2D eigenvalue weighted by Gasteiger charge is -2.35. The number of ether oxygens (including phenoxy) is 1. The summed E-state index contributed by atoms with van der Waals surface area (Å²) in [6.07, 6.45) is -1.09. The third kappa shape index (κ3) is 4.35. The van der Waals surface area contributed by atoms with Gasteiger partial charge in [0, 0.05) is 19.1 Å². The Kier molecular flexibility index (Phi) is 4.99. The van der Waals surface area contributed by atoms with E-state index >= 15 is 0 Å². The Labute approximate surface area is 122 Å². The van der Waals surface area contributed by atoms with Crippen molar-refractivity contribution >= 4 is 12.2 Å². The van der Waals surface area contributed by atoms with Crippen molar-refractivity contribution < 1.29 is 19.4 Å². The highest BCUT2D eigenvalue weighted by molar-refractivity contribution is 5.68. The monoisotopic (exact) mass is 293 g/mol. The second-order valence-corrected chi connectivity index (χ2v) is 4.99. The van der Waals surface area contributed by atoms with Crippen molar-refractivity contribution in [1.29, 1.82) is 0 Å². The zero-order valence-electron chi connectivity index (χ0n) is 11.6. The van der Waals surface area contributed by atoms with Crippen LogP contribution in [0.25, 0.3) is 0 Å². The molecule has 2 atom stereocenters. The number of benzene rings is 1. The summed E-state index contributed by atoms with van der Waals surface area (Å²) < 4.78 is 5.10. The lowest BCUT2D eigenvalue weighted by molar-refractivity contribution is 0.107. The molecule has 1 heterocycles. The van der Waals surface area contributed by atoms with E-state index in [0.29, 0.717) is 13.0 Å². The molecule has 0 unspecified atom stereocenters. The van der Waals surface area contributed by atoms with Gasteiger partial charge in [-0.1, -0.05) is 30.3 Å². The molecular weight excluding hydrogens is 274 g/mol. The molecule has 0 spiro atoms. The number of hydrogen-bond donors (Lipinski definition) is 3. The van der Waals surface area contributed by atoms with Crippen LogP contribution in [0.2, 0.25) is 0 Å². The molecule has 0 aliphatic carbocycles. The van der Waals surface area contributed by atoms with Gasteiger partial charge in [-0.3, -0.25) is 0 Å². The number of piperidine rings is 1. The minimum Gasteiger partial charge on any atom is -0.465 e. The zero-order valence-corrected chi connectivity index (χ0v) is 11.6. The van der Waals surface area contributed by atoms with Crippen LogP contribution in [0.3, 0.4) is 0 Å². The number of carbonyl (C=O) groups is 2. The summed E-state index contributed by atoms with van der Waals surface area (Å²) in [6, 6.07) is 8.60. The predicted octanol–water partition coefficient (Wildman–Crippen LogP) is 0.992. The van der Waals surface area contributed by atoms with Crippen LogP contribution in [0, 0.1) is 0 Å². The highest BCUT2D eigenvalue weighted by Gasteiger charge is 2.30. The number of carbonyl (C=O) groups excluding carboxylic acids is 1. The predicted molar refractivity (Wildman–Crippen MR) is 75.7 cm³/mol. The van der Waals surface area contributed by atoms with Gasteiger partial charge >= 0.3 is 12.2 Å². The van der Waals surface area contributed by atoms with Crippen molar-refractivity contribution in [2.75, 3.05) is 13.1 Å². The Bertz CT molecular complexity index is 494. The van der Waals surface area contributed by atoms with Crippen molar-refractivity contribution in [2.45, 2.75) is 25.1 Å². The molecule has 1 aromatic rings. The molecule has 1 fully saturated rings. The average Bonchev–Trinajstić information content (AvgIpc) is 2.48. The fraction of sp³-hybridized carbons (Fsp3) is 0.429. The topological polar surface area (TPSA) is 105 Å². The van der Waals surface area contributed by atoms with Crippen LogP contribution in [0.5, 0.6) is 0 Å². The van der Waals surface area contributed by atoms with Gasteiger partial charge in [0.25, 0.3) is 0 Å². The van der Waals surface area contributed by atoms with Crippen molar-refractivity contribution in [3.63, 3.8) is 0 Å². The molecule has 1 aromatic carbocycles. The van der Waals surface area contributed by atoms with Gasteiger partial charge in [-0.15, -0.1) is 0 Å². The zero-order chi connectivity index (χ0) is 15.2. The summed E-state index contributed by atoms with van der Waals surface area (Å²) in [5.74, 6) is 0. The second kappa shape index (κ2) is 6.94. The Morgan fingerprint density at radius 2 is 2.10 bits per heavy atom. The molecule has 1 aliphatic rings. The summed E-state index contributed by atoms with van der Waals surface area (Å²) in [5, 5.41) is 11.6. The molecule has 1 saturated heterocycles. The van der Waals surface area contributed by atoms with E-state index in [1.54, 1.807) is 0 Å². The maximum Gasteiger partial charge on any atom is 0.407 e.